The molecule has 64 valence electrons. The van der Waals surface area contributed by atoms with E-state index in [1.54, 1.807) is 0 Å². The first kappa shape index (κ1) is 17.6. The van der Waals surface area contributed by atoms with Crippen molar-refractivity contribution in [3.05, 3.63) is 10.6 Å². The molecular formula is C8H20N2Zn. The first-order valence-electron chi connectivity index (χ1n) is 3.94. The van der Waals surface area contributed by atoms with Crippen molar-refractivity contribution >= 4 is 0 Å². The third-order valence-electron chi connectivity index (χ3n) is 0.894. The largest absolute Gasteiger partial charge is 2.00 e. The Morgan fingerprint density at radius 2 is 1.09 bits per heavy atom. The first-order chi connectivity index (χ1) is 4.83. The van der Waals surface area contributed by atoms with Crippen molar-refractivity contribution in [3.8, 4) is 0 Å². The van der Waals surface area contributed by atoms with Crippen molar-refractivity contribution in [2.45, 2.75) is 26.7 Å². The molecule has 0 aromatic heterocycles. The van der Waals surface area contributed by atoms with Crippen LogP contribution in [0.1, 0.15) is 26.7 Å². The molecule has 0 rings (SSSR count). The molecule has 0 N–H and O–H groups in total. The van der Waals surface area contributed by atoms with Gasteiger partial charge in [0, 0.05) is 0 Å². The van der Waals surface area contributed by atoms with E-state index >= 15 is 0 Å². The van der Waals surface area contributed by atoms with Gasteiger partial charge in [-0.05, 0) is 0 Å². The van der Waals surface area contributed by atoms with Gasteiger partial charge in [0.05, 0.1) is 0 Å². The minimum absolute atomic E-state index is 0. The summed E-state index contributed by atoms with van der Waals surface area (Å²) in [6, 6.07) is 0. The summed E-state index contributed by atoms with van der Waals surface area (Å²) in [4.78, 5) is 0. The van der Waals surface area contributed by atoms with Gasteiger partial charge >= 0.3 is 19.5 Å². The molecule has 0 unspecified atom stereocenters. The summed E-state index contributed by atoms with van der Waals surface area (Å²) < 4.78 is 0. The topological polar surface area (TPSA) is 28.2 Å². The van der Waals surface area contributed by atoms with Crippen LogP contribution in [0.15, 0.2) is 0 Å². The second kappa shape index (κ2) is 22.4. The van der Waals surface area contributed by atoms with Gasteiger partial charge in [-0.3, -0.25) is 0 Å². The van der Waals surface area contributed by atoms with Crippen LogP contribution < -0.4 is 0 Å². The van der Waals surface area contributed by atoms with Crippen LogP contribution in [-0.4, -0.2) is 27.2 Å². The first-order valence-corrected chi connectivity index (χ1v) is 3.94. The molecule has 0 spiro atoms. The van der Waals surface area contributed by atoms with E-state index in [2.05, 4.69) is 24.5 Å². The molecule has 0 aliphatic heterocycles. The fourth-order valence-corrected chi connectivity index (χ4v) is 0.447. The van der Waals surface area contributed by atoms with Crippen LogP contribution in [0.2, 0.25) is 0 Å². The second-order valence-corrected chi connectivity index (χ2v) is 2.08. The van der Waals surface area contributed by atoms with Crippen molar-refractivity contribution < 1.29 is 19.5 Å². The van der Waals surface area contributed by atoms with E-state index in [1.165, 1.54) is 12.8 Å². The van der Waals surface area contributed by atoms with Gasteiger partial charge in [0.25, 0.3) is 0 Å². The molecule has 0 aromatic rings. The molecule has 2 nitrogen and oxygen atoms in total. The maximum absolute atomic E-state index is 3.85. The molecular weight excluding hydrogens is 189 g/mol. The van der Waals surface area contributed by atoms with Crippen LogP contribution in [0, 0.1) is 0 Å². The summed E-state index contributed by atoms with van der Waals surface area (Å²) >= 11 is 0. The van der Waals surface area contributed by atoms with Gasteiger partial charge in [-0.2, -0.15) is 14.1 Å². The molecule has 0 aliphatic carbocycles. The summed E-state index contributed by atoms with van der Waals surface area (Å²) in [6.07, 6.45) is 2.35. The zero-order valence-corrected chi connectivity index (χ0v) is 11.4. The Labute approximate surface area is 84.3 Å². The third kappa shape index (κ3) is 37.3. The fraction of sp³-hybridized carbons (Fsp3) is 1.00. The molecule has 0 heterocycles. The minimum Gasteiger partial charge on any atom is -0.665 e. The van der Waals surface area contributed by atoms with Crippen LogP contribution in [0.5, 0.6) is 0 Å². The van der Waals surface area contributed by atoms with Gasteiger partial charge in [0.2, 0.25) is 0 Å². The number of hydrogen-bond acceptors (Lipinski definition) is 0. The third-order valence-corrected chi connectivity index (χ3v) is 0.894. The van der Waals surface area contributed by atoms with Crippen molar-refractivity contribution in [1.82, 2.24) is 0 Å². The monoisotopic (exact) mass is 208 g/mol. The molecule has 0 aromatic carbocycles. The number of rotatable bonds is 4. The van der Waals surface area contributed by atoms with Gasteiger partial charge in [0.1, 0.15) is 0 Å². The Kier molecular flexibility index (Phi) is 35.8. The zero-order valence-electron chi connectivity index (χ0n) is 8.43. The van der Waals surface area contributed by atoms with E-state index in [0.29, 0.717) is 0 Å². The molecule has 0 fully saturated rings. The fourth-order valence-electron chi connectivity index (χ4n) is 0.447. The van der Waals surface area contributed by atoms with E-state index in [0.717, 1.165) is 13.1 Å². The van der Waals surface area contributed by atoms with Gasteiger partial charge in [-0.15, -0.1) is 13.1 Å². The van der Waals surface area contributed by atoms with E-state index in [-0.39, 0.29) is 19.5 Å². The Balaban J connectivity index is -0.000000107. The minimum atomic E-state index is 0. The molecule has 0 aliphatic rings. The van der Waals surface area contributed by atoms with Crippen molar-refractivity contribution in [1.29, 1.82) is 0 Å². The SMILES string of the molecule is CCC[N-]C.CCC[N-]C.[Zn+2]. The van der Waals surface area contributed by atoms with Crippen LogP contribution in [0.4, 0.5) is 0 Å². The smallest absolute Gasteiger partial charge is 0.665 e. The van der Waals surface area contributed by atoms with Crippen molar-refractivity contribution in [2.24, 2.45) is 0 Å². The Morgan fingerprint density at radius 1 is 0.818 bits per heavy atom. The Morgan fingerprint density at radius 3 is 1.09 bits per heavy atom. The molecule has 0 radical (unpaired) electrons. The van der Waals surface area contributed by atoms with E-state index in [9.17, 15) is 0 Å². The second-order valence-electron chi connectivity index (χ2n) is 2.08. The molecule has 11 heavy (non-hydrogen) atoms. The van der Waals surface area contributed by atoms with Crippen LogP contribution in [-0.2, 0) is 19.5 Å². The van der Waals surface area contributed by atoms with Crippen molar-refractivity contribution in [2.75, 3.05) is 27.2 Å². The average Bonchev–Trinajstić information content (AvgIpc) is 1.93. The predicted molar refractivity (Wildman–Crippen MR) is 48.9 cm³/mol. The summed E-state index contributed by atoms with van der Waals surface area (Å²) in [5.74, 6) is 0. The predicted octanol–water partition coefficient (Wildman–Crippen LogP) is 2.80. The van der Waals surface area contributed by atoms with Crippen molar-refractivity contribution in [3.63, 3.8) is 0 Å². The standard InChI is InChI=1S/2C4H10N.Zn/c2*1-3-4-5-2;/h2*3-4H2,1-2H3;/q2*-1;+2. The van der Waals surface area contributed by atoms with E-state index in [1.807, 2.05) is 14.1 Å². The maximum atomic E-state index is 3.85. The van der Waals surface area contributed by atoms with E-state index < -0.39 is 0 Å². The molecule has 0 amide bonds. The zero-order chi connectivity index (χ0) is 8.24. The van der Waals surface area contributed by atoms with Gasteiger partial charge in [0.15, 0.2) is 0 Å². The summed E-state index contributed by atoms with van der Waals surface area (Å²) in [7, 11) is 3.67. The molecule has 0 atom stereocenters. The summed E-state index contributed by atoms with van der Waals surface area (Å²) in [5.41, 5.74) is 0. The quantitative estimate of drug-likeness (QED) is 0.637. The molecule has 3 heteroatoms. The molecule has 0 saturated carbocycles. The summed E-state index contributed by atoms with van der Waals surface area (Å²) in [5, 5.41) is 7.71. The summed E-state index contributed by atoms with van der Waals surface area (Å²) in [6.45, 7) is 6.26. The molecule has 0 saturated heterocycles. The normalized spacial score (nSPS) is 7.64. The Bertz CT molecular complexity index is 33.1. The van der Waals surface area contributed by atoms with Crippen LogP contribution in [0.3, 0.4) is 0 Å². The number of nitrogens with zero attached hydrogens (tertiary/aromatic N) is 2. The Hall–Kier alpha value is 0.543. The maximum Gasteiger partial charge on any atom is 2.00 e. The van der Waals surface area contributed by atoms with Gasteiger partial charge in [-0.1, -0.05) is 26.7 Å². The van der Waals surface area contributed by atoms with Crippen LogP contribution in [0.25, 0.3) is 10.6 Å². The average molecular weight is 210 g/mol. The number of hydrogen-bond donors (Lipinski definition) is 0. The van der Waals surface area contributed by atoms with Crippen LogP contribution >= 0.6 is 0 Å². The van der Waals surface area contributed by atoms with Gasteiger partial charge < -0.3 is 10.6 Å². The molecule has 0 bridgehead atoms. The van der Waals surface area contributed by atoms with E-state index in [4.69, 9.17) is 0 Å². The van der Waals surface area contributed by atoms with Gasteiger partial charge in [-0.25, -0.2) is 0 Å².